The minimum absolute atomic E-state index is 0.651. The maximum Gasteiger partial charge on any atom is 0.0163 e. The van der Waals surface area contributed by atoms with Gasteiger partial charge in [0.25, 0.3) is 0 Å². The van der Waals surface area contributed by atoms with Gasteiger partial charge >= 0.3 is 0 Å². The van der Waals surface area contributed by atoms with E-state index in [1.165, 1.54) is 13.0 Å². The van der Waals surface area contributed by atoms with Gasteiger partial charge in [0.05, 0.1) is 0 Å². The molecule has 60 valence electrons. The highest BCUT2D eigenvalue weighted by Gasteiger charge is 2.03. The van der Waals surface area contributed by atoms with Crippen molar-refractivity contribution in [3.63, 3.8) is 0 Å². The molecule has 0 aromatic heterocycles. The first-order chi connectivity index (χ1) is 4.72. The summed E-state index contributed by atoms with van der Waals surface area (Å²) in [5.41, 5.74) is 0. The van der Waals surface area contributed by atoms with Gasteiger partial charge in [0.15, 0.2) is 0 Å². The Morgan fingerprint density at radius 1 is 1.50 bits per heavy atom. The van der Waals surface area contributed by atoms with E-state index in [1.54, 1.807) is 0 Å². The van der Waals surface area contributed by atoms with Crippen LogP contribution in [0.4, 0.5) is 0 Å². The lowest BCUT2D eigenvalue weighted by molar-refractivity contribution is 0.246. The van der Waals surface area contributed by atoms with Crippen molar-refractivity contribution in [2.24, 2.45) is 0 Å². The zero-order valence-electron chi connectivity index (χ0n) is 7.43. The summed E-state index contributed by atoms with van der Waals surface area (Å²) in [5.74, 6) is 0. The third-order valence-corrected chi connectivity index (χ3v) is 1.60. The largest absolute Gasteiger partial charge is 0.297 e. The van der Waals surface area contributed by atoms with Crippen molar-refractivity contribution in [1.29, 1.82) is 0 Å². The van der Waals surface area contributed by atoms with E-state index in [0.29, 0.717) is 6.04 Å². The fourth-order valence-electron chi connectivity index (χ4n) is 1.01. The third kappa shape index (κ3) is 3.67. The summed E-state index contributed by atoms with van der Waals surface area (Å²) in [6.45, 7) is 12.6. The topological polar surface area (TPSA) is 3.24 Å². The average molecular weight is 141 g/mol. The van der Waals surface area contributed by atoms with Gasteiger partial charge in [-0.1, -0.05) is 13.0 Å². The van der Waals surface area contributed by atoms with Crippen molar-refractivity contribution in [3.8, 4) is 0 Å². The summed E-state index contributed by atoms with van der Waals surface area (Å²) >= 11 is 0. The summed E-state index contributed by atoms with van der Waals surface area (Å²) < 4.78 is 0. The first kappa shape index (κ1) is 9.70. The van der Waals surface area contributed by atoms with Gasteiger partial charge in [0, 0.05) is 12.6 Å². The van der Waals surface area contributed by atoms with E-state index in [9.17, 15) is 0 Å². The average Bonchev–Trinajstić information content (AvgIpc) is 1.87. The molecule has 0 fully saturated rings. The molecule has 1 heteroatoms. The quantitative estimate of drug-likeness (QED) is 0.531. The van der Waals surface area contributed by atoms with Crippen molar-refractivity contribution in [2.75, 3.05) is 13.1 Å². The predicted molar refractivity (Wildman–Crippen MR) is 47.2 cm³/mol. The Morgan fingerprint density at radius 3 is 2.40 bits per heavy atom. The normalized spacial score (nSPS) is 10.9. The van der Waals surface area contributed by atoms with Crippen LogP contribution in [0.15, 0.2) is 12.7 Å². The molecule has 0 atom stereocenters. The Bertz CT molecular complexity index is 86.7. The second kappa shape index (κ2) is 5.48. The van der Waals surface area contributed by atoms with Crippen LogP contribution in [0.3, 0.4) is 0 Å². The molecule has 0 amide bonds. The van der Waals surface area contributed by atoms with Gasteiger partial charge in [-0.05, 0) is 26.8 Å². The van der Waals surface area contributed by atoms with Crippen LogP contribution in [0, 0.1) is 0 Å². The summed E-state index contributed by atoms with van der Waals surface area (Å²) in [5, 5.41) is 0. The van der Waals surface area contributed by atoms with E-state index in [1.807, 2.05) is 6.08 Å². The molecule has 10 heavy (non-hydrogen) atoms. The maximum absolute atomic E-state index is 3.72. The first-order valence-electron chi connectivity index (χ1n) is 4.07. The van der Waals surface area contributed by atoms with E-state index >= 15 is 0 Å². The van der Waals surface area contributed by atoms with Crippen LogP contribution in [-0.4, -0.2) is 24.0 Å². The molecule has 0 radical (unpaired) electrons. The van der Waals surface area contributed by atoms with Crippen LogP contribution < -0.4 is 0 Å². The highest BCUT2D eigenvalue weighted by molar-refractivity contribution is 4.74. The smallest absolute Gasteiger partial charge is 0.0163 e. The maximum atomic E-state index is 3.72. The van der Waals surface area contributed by atoms with Crippen molar-refractivity contribution in [2.45, 2.75) is 33.2 Å². The van der Waals surface area contributed by atoms with E-state index in [0.717, 1.165) is 6.54 Å². The van der Waals surface area contributed by atoms with Gasteiger partial charge in [-0.3, -0.25) is 4.90 Å². The number of hydrogen-bond acceptors (Lipinski definition) is 1. The van der Waals surface area contributed by atoms with Crippen molar-refractivity contribution < 1.29 is 0 Å². The van der Waals surface area contributed by atoms with Crippen LogP contribution in [0.25, 0.3) is 0 Å². The Kier molecular flexibility index (Phi) is 5.32. The summed E-state index contributed by atoms with van der Waals surface area (Å²) in [6, 6.07) is 0.651. The third-order valence-electron chi connectivity index (χ3n) is 1.60. The van der Waals surface area contributed by atoms with Crippen molar-refractivity contribution >= 4 is 0 Å². The minimum atomic E-state index is 0.651. The lowest BCUT2D eigenvalue weighted by Crippen LogP contribution is -2.31. The molecule has 0 rings (SSSR count). The molecule has 0 bridgehead atoms. The highest BCUT2D eigenvalue weighted by Crippen LogP contribution is 1.98. The second-order valence-electron chi connectivity index (χ2n) is 2.88. The zero-order valence-corrected chi connectivity index (χ0v) is 7.43. The number of rotatable bonds is 5. The molecule has 0 aromatic rings. The molecule has 0 aromatic carbocycles. The van der Waals surface area contributed by atoms with Crippen LogP contribution in [0.2, 0.25) is 0 Å². The second-order valence-corrected chi connectivity index (χ2v) is 2.88. The predicted octanol–water partition coefficient (Wildman–Crippen LogP) is 2.29. The molecule has 1 nitrogen and oxygen atoms in total. The zero-order chi connectivity index (χ0) is 7.98. The monoisotopic (exact) mass is 141 g/mol. The van der Waals surface area contributed by atoms with E-state index < -0.39 is 0 Å². The minimum Gasteiger partial charge on any atom is -0.297 e. The highest BCUT2D eigenvalue weighted by atomic mass is 15.1. The Morgan fingerprint density at radius 2 is 2.10 bits per heavy atom. The lowest BCUT2D eigenvalue weighted by Gasteiger charge is -2.23. The summed E-state index contributed by atoms with van der Waals surface area (Å²) in [7, 11) is 0. The molecule has 0 unspecified atom stereocenters. The molecule has 0 heterocycles. The Labute approximate surface area is 64.7 Å². The molecular weight excluding hydrogens is 122 g/mol. The molecule has 0 aliphatic carbocycles. The molecular formula is C9H19N. The van der Waals surface area contributed by atoms with E-state index in [4.69, 9.17) is 0 Å². The SMILES string of the molecule is C=CCN(CCC)C(C)C. The molecule has 0 aliphatic heterocycles. The van der Waals surface area contributed by atoms with Crippen LogP contribution in [-0.2, 0) is 0 Å². The van der Waals surface area contributed by atoms with Gasteiger partial charge in [0.1, 0.15) is 0 Å². The van der Waals surface area contributed by atoms with Gasteiger partial charge < -0.3 is 0 Å². The summed E-state index contributed by atoms with van der Waals surface area (Å²) in [6.07, 6.45) is 3.20. The molecule has 0 spiro atoms. The Balaban J connectivity index is 3.60. The van der Waals surface area contributed by atoms with Crippen molar-refractivity contribution in [1.82, 2.24) is 4.90 Å². The molecule has 0 aliphatic rings. The van der Waals surface area contributed by atoms with E-state index in [-0.39, 0.29) is 0 Å². The molecule has 0 N–H and O–H groups in total. The van der Waals surface area contributed by atoms with E-state index in [2.05, 4.69) is 32.3 Å². The Hall–Kier alpha value is -0.300. The van der Waals surface area contributed by atoms with Gasteiger partial charge in [-0.2, -0.15) is 0 Å². The van der Waals surface area contributed by atoms with Gasteiger partial charge in [-0.15, -0.1) is 6.58 Å². The van der Waals surface area contributed by atoms with Gasteiger partial charge in [0.2, 0.25) is 0 Å². The van der Waals surface area contributed by atoms with Crippen molar-refractivity contribution in [3.05, 3.63) is 12.7 Å². The molecule has 0 saturated carbocycles. The number of nitrogens with zero attached hydrogens (tertiary/aromatic N) is 1. The van der Waals surface area contributed by atoms with Gasteiger partial charge in [-0.25, -0.2) is 0 Å². The fourth-order valence-corrected chi connectivity index (χ4v) is 1.01. The fraction of sp³-hybridized carbons (Fsp3) is 0.778. The van der Waals surface area contributed by atoms with Crippen LogP contribution in [0.5, 0.6) is 0 Å². The first-order valence-corrected chi connectivity index (χ1v) is 4.07. The van der Waals surface area contributed by atoms with Crippen LogP contribution in [0.1, 0.15) is 27.2 Å². The summed E-state index contributed by atoms with van der Waals surface area (Å²) in [4.78, 5) is 2.41. The lowest BCUT2D eigenvalue weighted by atomic mass is 10.3. The molecule has 0 saturated heterocycles. The number of hydrogen-bond donors (Lipinski definition) is 0. The standard InChI is InChI=1S/C9H19N/c1-5-7-10(8-6-2)9(3)4/h5,9H,1,6-8H2,2-4H3. The van der Waals surface area contributed by atoms with Crippen LogP contribution >= 0.6 is 0 Å².